The summed E-state index contributed by atoms with van der Waals surface area (Å²) in [5.41, 5.74) is 5.78. The molecule has 31 heavy (non-hydrogen) atoms. The van der Waals surface area contributed by atoms with Gasteiger partial charge in [-0.3, -0.25) is 4.79 Å². The van der Waals surface area contributed by atoms with Crippen LogP contribution in [0.1, 0.15) is 24.8 Å². The Balaban J connectivity index is 1.55. The Bertz CT molecular complexity index is 1050. The van der Waals surface area contributed by atoms with Gasteiger partial charge in [0.1, 0.15) is 11.6 Å². The molecule has 1 aliphatic heterocycles. The van der Waals surface area contributed by atoms with Gasteiger partial charge in [-0.2, -0.15) is 0 Å². The molecule has 0 aromatic heterocycles. The van der Waals surface area contributed by atoms with Crippen molar-refractivity contribution in [3.63, 3.8) is 0 Å². The lowest BCUT2D eigenvalue weighted by atomic mass is 10.0. The summed E-state index contributed by atoms with van der Waals surface area (Å²) in [6.45, 7) is 0.409. The molecule has 3 rings (SSSR count). The van der Waals surface area contributed by atoms with E-state index in [0.717, 1.165) is 18.2 Å². The molecule has 10 heteroatoms. The topological polar surface area (TPSA) is 80.5 Å². The molecule has 2 aromatic rings. The Morgan fingerprint density at radius 3 is 2.19 bits per heavy atom. The summed E-state index contributed by atoms with van der Waals surface area (Å²) in [5.74, 6) is -4.29. The molecule has 0 bridgehead atoms. The fourth-order valence-electron chi connectivity index (χ4n) is 3.66. The third-order valence-corrected chi connectivity index (χ3v) is 7.66. The Hall–Kier alpha value is -2.46. The maximum Gasteiger partial charge on any atom is 0.224 e. The number of nitrogens with zero attached hydrogens (tertiary/aromatic N) is 1. The monoisotopic (exact) mass is 458 g/mol. The van der Waals surface area contributed by atoms with Gasteiger partial charge in [0.25, 0.3) is 0 Å². The van der Waals surface area contributed by atoms with Gasteiger partial charge in [0.05, 0.1) is 10.1 Å². The molecular weight excluding hydrogens is 436 g/mol. The minimum absolute atomic E-state index is 0.0363. The molecule has 1 saturated heterocycles. The molecule has 1 aliphatic rings. The Morgan fingerprint density at radius 1 is 1.00 bits per heavy atom. The average molecular weight is 458 g/mol. The summed E-state index contributed by atoms with van der Waals surface area (Å²) in [5, 5.41) is -0.688. The van der Waals surface area contributed by atoms with Gasteiger partial charge < -0.3 is 10.6 Å². The van der Waals surface area contributed by atoms with Crippen molar-refractivity contribution in [1.82, 2.24) is 4.90 Å². The summed E-state index contributed by atoms with van der Waals surface area (Å²) in [6.07, 6.45) is 0.148. The highest BCUT2D eigenvalue weighted by atomic mass is 32.2. The van der Waals surface area contributed by atoms with E-state index >= 15 is 0 Å². The number of halogens is 4. The van der Waals surface area contributed by atoms with Gasteiger partial charge in [0, 0.05) is 31.6 Å². The normalized spacial score (nSPS) is 16.4. The number of piperidine rings is 1. The molecule has 1 atom stereocenters. The lowest BCUT2D eigenvalue weighted by Crippen LogP contribution is -2.44. The van der Waals surface area contributed by atoms with Gasteiger partial charge in [-0.25, -0.2) is 26.0 Å². The number of hydrogen-bond acceptors (Lipinski definition) is 4. The molecular formula is C21H22F4N2O3S. The number of sulfone groups is 1. The van der Waals surface area contributed by atoms with E-state index in [2.05, 4.69) is 0 Å². The second-order valence-corrected chi connectivity index (χ2v) is 9.83. The van der Waals surface area contributed by atoms with Crippen LogP contribution in [0.15, 0.2) is 41.3 Å². The Labute approximate surface area is 177 Å². The van der Waals surface area contributed by atoms with Gasteiger partial charge in [-0.05, 0) is 55.2 Å². The average Bonchev–Trinajstić information content (AvgIpc) is 2.72. The van der Waals surface area contributed by atoms with Crippen molar-refractivity contribution >= 4 is 15.7 Å². The Kier molecular flexibility index (Phi) is 7.00. The van der Waals surface area contributed by atoms with Gasteiger partial charge in [0.2, 0.25) is 5.91 Å². The number of benzene rings is 2. The number of nitrogens with two attached hydrogens (primary N) is 1. The van der Waals surface area contributed by atoms with Gasteiger partial charge >= 0.3 is 0 Å². The van der Waals surface area contributed by atoms with Crippen molar-refractivity contribution in [2.24, 2.45) is 5.73 Å². The van der Waals surface area contributed by atoms with E-state index in [1.54, 1.807) is 0 Å². The number of amides is 1. The first-order valence-electron chi connectivity index (χ1n) is 9.74. The first-order chi connectivity index (χ1) is 14.6. The fraction of sp³-hybridized carbons (Fsp3) is 0.381. The standard InChI is InChI=1S/C21H22F4N2O3S/c22-14-1-3-16(4-2-14)31(29,30)17-5-7-27(8-6-17)21(28)11-15(26)9-13-10-19(24)20(25)12-18(13)23/h1-4,10,12,15,17H,5-9,11,26H2/t15-/m1/s1. The van der Waals surface area contributed by atoms with E-state index < -0.39 is 44.4 Å². The molecule has 0 saturated carbocycles. The third kappa shape index (κ3) is 5.43. The second-order valence-electron chi connectivity index (χ2n) is 7.61. The van der Waals surface area contributed by atoms with Crippen LogP contribution < -0.4 is 5.73 Å². The lowest BCUT2D eigenvalue weighted by Gasteiger charge is -2.32. The molecule has 0 spiro atoms. The minimum Gasteiger partial charge on any atom is -0.343 e. The SMILES string of the molecule is N[C@@H](CC(=O)N1CCC(S(=O)(=O)c2ccc(F)cc2)CC1)Cc1cc(F)c(F)cc1F. The first-order valence-corrected chi connectivity index (χ1v) is 11.3. The van der Waals surface area contributed by atoms with Crippen LogP contribution in [-0.4, -0.2) is 43.6 Å². The van der Waals surface area contributed by atoms with Crippen molar-refractivity contribution in [3.8, 4) is 0 Å². The largest absolute Gasteiger partial charge is 0.343 e. The number of rotatable bonds is 6. The number of carbonyl (C=O) groups excluding carboxylic acids is 1. The van der Waals surface area contributed by atoms with E-state index in [1.807, 2.05) is 0 Å². The summed E-state index contributed by atoms with van der Waals surface area (Å²) >= 11 is 0. The number of carbonyl (C=O) groups is 1. The molecule has 1 amide bonds. The molecule has 0 aliphatic carbocycles. The molecule has 0 unspecified atom stereocenters. The zero-order chi connectivity index (χ0) is 22.8. The summed E-state index contributed by atoms with van der Waals surface area (Å²) in [6, 6.07) is 4.96. The van der Waals surface area contributed by atoms with Crippen LogP contribution in [0.5, 0.6) is 0 Å². The molecule has 2 aromatic carbocycles. The minimum atomic E-state index is -3.64. The molecule has 1 fully saturated rings. The lowest BCUT2D eigenvalue weighted by molar-refractivity contribution is -0.132. The van der Waals surface area contributed by atoms with Gasteiger partial charge in [0.15, 0.2) is 21.5 Å². The van der Waals surface area contributed by atoms with E-state index in [1.165, 1.54) is 17.0 Å². The predicted octanol–water partition coefficient (Wildman–Crippen LogP) is 2.97. The van der Waals surface area contributed by atoms with Crippen LogP contribution in [0, 0.1) is 23.3 Å². The van der Waals surface area contributed by atoms with Crippen molar-refractivity contribution < 1.29 is 30.8 Å². The van der Waals surface area contributed by atoms with Crippen molar-refractivity contribution in [2.45, 2.75) is 41.9 Å². The first kappa shape index (κ1) is 23.2. The summed E-state index contributed by atoms with van der Waals surface area (Å²) < 4.78 is 78.6. The van der Waals surface area contributed by atoms with Crippen LogP contribution in [0.2, 0.25) is 0 Å². The number of hydrogen-bond donors (Lipinski definition) is 1. The molecule has 1 heterocycles. The maximum absolute atomic E-state index is 13.8. The Morgan fingerprint density at radius 2 is 1.58 bits per heavy atom. The molecule has 0 radical (unpaired) electrons. The van der Waals surface area contributed by atoms with Crippen LogP contribution in [0.25, 0.3) is 0 Å². The molecule has 5 nitrogen and oxygen atoms in total. The van der Waals surface area contributed by atoms with Crippen molar-refractivity contribution in [2.75, 3.05) is 13.1 Å². The molecule has 168 valence electrons. The van der Waals surface area contributed by atoms with Gasteiger partial charge in [-0.1, -0.05) is 0 Å². The van der Waals surface area contributed by atoms with E-state index in [0.29, 0.717) is 6.07 Å². The number of likely N-dealkylation sites (tertiary alicyclic amines) is 1. The predicted molar refractivity (Wildman–Crippen MR) is 106 cm³/mol. The molecule has 2 N–H and O–H groups in total. The van der Waals surface area contributed by atoms with Crippen molar-refractivity contribution in [3.05, 3.63) is 65.2 Å². The highest BCUT2D eigenvalue weighted by Gasteiger charge is 2.33. The van der Waals surface area contributed by atoms with E-state index in [9.17, 15) is 30.8 Å². The highest BCUT2D eigenvalue weighted by Crippen LogP contribution is 2.25. The van der Waals surface area contributed by atoms with Crippen LogP contribution in [-0.2, 0) is 21.1 Å². The van der Waals surface area contributed by atoms with Crippen LogP contribution in [0.4, 0.5) is 17.6 Å². The summed E-state index contributed by atoms with van der Waals surface area (Å²) in [7, 11) is -3.64. The zero-order valence-corrected chi connectivity index (χ0v) is 17.3. The zero-order valence-electron chi connectivity index (χ0n) is 16.5. The fourth-order valence-corrected chi connectivity index (χ4v) is 5.39. The summed E-state index contributed by atoms with van der Waals surface area (Å²) in [4.78, 5) is 14.0. The van der Waals surface area contributed by atoms with Crippen molar-refractivity contribution in [1.29, 1.82) is 0 Å². The van der Waals surface area contributed by atoms with E-state index in [-0.39, 0.29) is 55.1 Å². The second kappa shape index (κ2) is 9.35. The third-order valence-electron chi connectivity index (χ3n) is 5.38. The maximum atomic E-state index is 13.8. The van der Waals surface area contributed by atoms with Crippen LogP contribution in [0.3, 0.4) is 0 Å². The quantitative estimate of drug-likeness (QED) is 0.410. The smallest absolute Gasteiger partial charge is 0.224 e. The van der Waals surface area contributed by atoms with Gasteiger partial charge in [-0.15, -0.1) is 0 Å². The van der Waals surface area contributed by atoms with Crippen LogP contribution >= 0.6 is 0 Å². The highest BCUT2D eigenvalue weighted by molar-refractivity contribution is 7.92. The van der Waals surface area contributed by atoms with E-state index in [4.69, 9.17) is 5.73 Å².